The second-order valence-electron chi connectivity index (χ2n) is 12.5. The molecule has 1 amide bonds. The number of carbonyl (C=O) groups excluding carboxylic acids is 1. The summed E-state index contributed by atoms with van der Waals surface area (Å²) in [5, 5.41) is 3.12. The van der Waals surface area contributed by atoms with Crippen molar-refractivity contribution in [2.75, 3.05) is 62.8 Å². The number of nitrogens with zero attached hydrogens (tertiary/aromatic N) is 4. The molecule has 0 atom stereocenters. The summed E-state index contributed by atoms with van der Waals surface area (Å²) >= 11 is 0. The molecule has 1 aliphatic carbocycles. The molecular formula is C35H46N6O3. The minimum Gasteiger partial charge on any atom is -0.381 e. The molecule has 2 fully saturated rings. The first-order valence-electron chi connectivity index (χ1n) is 16.3. The zero-order chi connectivity index (χ0) is 30.6. The number of aromatic nitrogens is 2. The smallest absolute Gasteiger partial charge is 0.253 e. The van der Waals surface area contributed by atoms with Crippen molar-refractivity contribution < 1.29 is 9.53 Å². The highest BCUT2D eigenvalue weighted by Gasteiger charge is 2.26. The molecule has 44 heavy (non-hydrogen) atoms. The molecule has 3 aliphatic rings. The Labute approximate surface area is 260 Å². The highest BCUT2D eigenvalue weighted by Crippen LogP contribution is 2.34. The molecule has 9 nitrogen and oxygen atoms in total. The van der Waals surface area contributed by atoms with E-state index in [1.165, 1.54) is 5.56 Å². The molecule has 2 aromatic heterocycles. The van der Waals surface area contributed by atoms with Gasteiger partial charge in [-0.1, -0.05) is 0 Å². The maximum absolute atomic E-state index is 13.9. The van der Waals surface area contributed by atoms with Crippen LogP contribution in [-0.2, 0) is 24.1 Å². The number of aromatic amines is 1. The Morgan fingerprint density at radius 3 is 2.59 bits per heavy atom. The second kappa shape index (κ2) is 13.5. The van der Waals surface area contributed by atoms with Crippen LogP contribution in [0.2, 0.25) is 0 Å². The molecule has 3 aromatic rings. The number of ether oxygens (including phenoxy) is 1. The van der Waals surface area contributed by atoms with Gasteiger partial charge in [0.2, 0.25) is 0 Å². The Balaban J connectivity index is 1.32. The molecule has 2 aliphatic heterocycles. The van der Waals surface area contributed by atoms with Crippen molar-refractivity contribution >= 4 is 17.4 Å². The number of nitrogens with one attached hydrogen (secondary N) is 2. The first-order chi connectivity index (χ1) is 21.4. The normalized spacial score (nSPS) is 17.8. The fraction of sp³-hybridized carbons (Fsp3) is 0.514. The zero-order valence-electron chi connectivity index (χ0n) is 26.5. The number of fused-ring (bicyclic) bond motifs is 1. The average molecular weight is 599 g/mol. The van der Waals surface area contributed by atoms with Gasteiger partial charge in [0, 0.05) is 93.3 Å². The maximum Gasteiger partial charge on any atom is 0.253 e. The van der Waals surface area contributed by atoms with Crippen molar-refractivity contribution in [3.8, 4) is 11.1 Å². The van der Waals surface area contributed by atoms with Crippen LogP contribution in [0.3, 0.4) is 0 Å². The number of piperazine rings is 1. The summed E-state index contributed by atoms with van der Waals surface area (Å²) in [7, 11) is 2.15. The second-order valence-corrected chi connectivity index (χ2v) is 12.5. The lowest BCUT2D eigenvalue weighted by Gasteiger charge is -2.37. The van der Waals surface area contributed by atoms with E-state index in [1.54, 1.807) is 0 Å². The Morgan fingerprint density at radius 2 is 1.86 bits per heavy atom. The number of benzene rings is 1. The number of hydrogen-bond acceptors (Lipinski definition) is 7. The number of rotatable bonds is 8. The summed E-state index contributed by atoms with van der Waals surface area (Å²) in [4.78, 5) is 41.6. The number of carbonyl (C=O) groups is 1. The van der Waals surface area contributed by atoms with E-state index in [0.29, 0.717) is 17.2 Å². The van der Waals surface area contributed by atoms with Gasteiger partial charge in [-0.25, -0.2) is 4.98 Å². The summed E-state index contributed by atoms with van der Waals surface area (Å²) in [6, 6.07) is 8.78. The van der Waals surface area contributed by atoms with Crippen molar-refractivity contribution in [1.29, 1.82) is 0 Å². The first-order valence-corrected chi connectivity index (χ1v) is 16.3. The number of H-pyrrole nitrogens is 1. The van der Waals surface area contributed by atoms with Gasteiger partial charge in [0.25, 0.3) is 11.5 Å². The number of likely N-dealkylation sites (N-methyl/N-ethyl adjacent to an activating group) is 1. The lowest BCUT2D eigenvalue weighted by Crippen LogP contribution is -2.44. The zero-order valence-corrected chi connectivity index (χ0v) is 26.5. The van der Waals surface area contributed by atoms with Crippen LogP contribution in [0.15, 0.2) is 41.5 Å². The standard InChI is InChI=1S/C35H46N6O3/c1-4-41(28-11-17-44-18-12-28)32-20-27(25-9-10-33(36-21-25)40-15-13-39(3)14-16-40)19-30(24(32)2)34(42)38-23-31-29-8-6-5-7-26(29)22-37-35(31)43/h9-10,19-22,28H,4-8,11-18,23H2,1-3H3,(H,37,43)(H,38,42). The van der Waals surface area contributed by atoms with Gasteiger partial charge in [0.05, 0.1) is 0 Å². The molecule has 0 saturated carbocycles. The maximum atomic E-state index is 13.9. The number of pyridine rings is 2. The first kappa shape index (κ1) is 30.3. The van der Waals surface area contributed by atoms with Crippen LogP contribution in [-0.4, -0.2) is 79.8 Å². The van der Waals surface area contributed by atoms with E-state index in [2.05, 4.69) is 57.2 Å². The fourth-order valence-corrected chi connectivity index (χ4v) is 7.06. The van der Waals surface area contributed by atoms with E-state index in [9.17, 15) is 9.59 Å². The van der Waals surface area contributed by atoms with Gasteiger partial charge in [-0.2, -0.15) is 0 Å². The fourth-order valence-electron chi connectivity index (χ4n) is 7.06. The van der Waals surface area contributed by atoms with Gasteiger partial charge in [0.1, 0.15) is 5.82 Å². The molecular weight excluding hydrogens is 552 g/mol. The van der Waals surface area contributed by atoms with Crippen molar-refractivity contribution in [1.82, 2.24) is 20.2 Å². The number of hydrogen-bond donors (Lipinski definition) is 2. The highest BCUT2D eigenvalue weighted by molar-refractivity contribution is 5.99. The quantitative estimate of drug-likeness (QED) is 0.399. The third-order valence-corrected chi connectivity index (χ3v) is 9.77. The molecule has 9 heteroatoms. The predicted octanol–water partition coefficient (Wildman–Crippen LogP) is 4.31. The lowest BCUT2D eigenvalue weighted by molar-refractivity contribution is 0.0846. The predicted molar refractivity (Wildman–Crippen MR) is 176 cm³/mol. The van der Waals surface area contributed by atoms with E-state index < -0.39 is 0 Å². The molecule has 2 saturated heterocycles. The van der Waals surface area contributed by atoms with Crippen LogP contribution < -0.4 is 20.7 Å². The molecule has 6 rings (SSSR count). The molecule has 0 spiro atoms. The number of amides is 1. The van der Waals surface area contributed by atoms with Crippen LogP contribution in [0.5, 0.6) is 0 Å². The van der Waals surface area contributed by atoms with E-state index in [0.717, 1.165) is 118 Å². The Morgan fingerprint density at radius 1 is 1.09 bits per heavy atom. The molecule has 1 aromatic carbocycles. The third-order valence-electron chi connectivity index (χ3n) is 9.77. The van der Waals surface area contributed by atoms with Crippen molar-refractivity contribution in [2.45, 2.75) is 65.0 Å². The van der Waals surface area contributed by atoms with E-state index in [1.807, 2.05) is 25.4 Å². The van der Waals surface area contributed by atoms with E-state index in [4.69, 9.17) is 9.72 Å². The van der Waals surface area contributed by atoms with E-state index in [-0.39, 0.29) is 18.0 Å². The summed E-state index contributed by atoms with van der Waals surface area (Å²) in [6.45, 7) is 10.8. The van der Waals surface area contributed by atoms with Gasteiger partial charge in [0.15, 0.2) is 0 Å². The Hall–Kier alpha value is -3.69. The summed E-state index contributed by atoms with van der Waals surface area (Å²) in [5.74, 6) is 0.824. The number of anilines is 2. The molecule has 0 unspecified atom stereocenters. The monoisotopic (exact) mass is 598 g/mol. The molecule has 2 N–H and O–H groups in total. The Kier molecular flexibility index (Phi) is 9.33. The van der Waals surface area contributed by atoms with Crippen LogP contribution in [0.25, 0.3) is 11.1 Å². The van der Waals surface area contributed by atoms with Crippen molar-refractivity contribution in [3.63, 3.8) is 0 Å². The Bertz CT molecular complexity index is 1520. The van der Waals surface area contributed by atoms with Crippen molar-refractivity contribution in [2.24, 2.45) is 0 Å². The van der Waals surface area contributed by atoms with Crippen LogP contribution in [0.4, 0.5) is 11.5 Å². The van der Waals surface area contributed by atoms with Gasteiger partial charge in [-0.3, -0.25) is 9.59 Å². The number of aryl methyl sites for hydroxylation is 1. The molecule has 234 valence electrons. The minimum absolute atomic E-state index is 0.111. The third kappa shape index (κ3) is 6.40. The van der Waals surface area contributed by atoms with Crippen LogP contribution in [0.1, 0.15) is 65.2 Å². The highest BCUT2D eigenvalue weighted by atomic mass is 16.5. The lowest BCUT2D eigenvalue weighted by atomic mass is 9.90. The summed E-state index contributed by atoms with van der Waals surface area (Å²) in [5.41, 5.74) is 7.48. The van der Waals surface area contributed by atoms with Crippen LogP contribution >= 0.6 is 0 Å². The van der Waals surface area contributed by atoms with E-state index >= 15 is 0 Å². The minimum atomic E-state index is -0.163. The molecule has 4 heterocycles. The van der Waals surface area contributed by atoms with Crippen molar-refractivity contribution in [3.05, 3.63) is 74.8 Å². The summed E-state index contributed by atoms with van der Waals surface area (Å²) in [6.07, 6.45) is 9.76. The van der Waals surface area contributed by atoms with Crippen LogP contribution in [0, 0.1) is 6.92 Å². The SMILES string of the molecule is CCN(c1cc(-c2ccc(N3CCN(C)CC3)nc2)cc(C(=O)NCc2c3c(c[nH]c2=O)CCCC3)c1C)C1CCOCC1. The summed E-state index contributed by atoms with van der Waals surface area (Å²) < 4.78 is 5.67. The molecule has 0 bridgehead atoms. The van der Waals surface area contributed by atoms with Gasteiger partial charge in [-0.15, -0.1) is 0 Å². The average Bonchev–Trinajstić information content (AvgIpc) is 3.06. The topological polar surface area (TPSA) is 93.8 Å². The van der Waals surface area contributed by atoms with Gasteiger partial charge < -0.3 is 29.7 Å². The van der Waals surface area contributed by atoms with Gasteiger partial charge in [-0.05, 0) is 106 Å². The van der Waals surface area contributed by atoms with Gasteiger partial charge >= 0.3 is 0 Å². The largest absolute Gasteiger partial charge is 0.381 e. The molecule has 0 radical (unpaired) electrons.